The summed E-state index contributed by atoms with van der Waals surface area (Å²) in [6.45, 7) is 2.75. The zero-order chi connectivity index (χ0) is 52.4. The number of thioether (sulfide) groups is 2. The summed E-state index contributed by atoms with van der Waals surface area (Å²) in [5.41, 5.74) is 24.2. The van der Waals surface area contributed by atoms with E-state index in [1.54, 1.807) is 19.9 Å². The number of aliphatic carboxylic acids is 1. The molecule has 27 heteroatoms. The fourth-order valence-corrected chi connectivity index (χ4v) is 11.2. The number of ether oxygens (including phenoxy) is 3. The van der Waals surface area contributed by atoms with Crippen molar-refractivity contribution in [3.8, 4) is 0 Å². The quantitative estimate of drug-likeness (QED) is 0.0394. The van der Waals surface area contributed by atoms with Gasteiger partial charge in [-0.2, -0.15) is 0 Å². The summed E-state index contributed by atoms with van der Waals surface area (Å²) in [4.78, 5) is 136. The molecule has 8 N–H and O–H groups in total. The Balaban J connectivity index is 0.000000307. The molecule has 0 aliphatic carbocycles. The molecule has 4 aliphatic heterocycles. The van der Waals surface area contributed by atoms with Gasteiger partial charge in [0.2, 0.25) is 11.8 Å². The summed E-state index contributed by atoms with van der Waals surface area (Å²) in [6.07, 6.45) is 3.06. The van der Waals surface area contributed by atoms with Gasteiger partial charge in [0.25, 0.3) is 11.8 Å². The van der Waals surface area contributed by atoms with Gasteiger partial charge in [0.05, 0.1) is 44.0 Å². The average Bonchev–Trinajstić information content (AvgIpc) is 3.82. The fraction of sp³-hybridized carbons (Fsp3) is 0.244. The van der Waals surface area contributed by atoms with Crippen molar-refractivity contribution >= 4 is 83.4 Å². The summed E-state index contributed by atoms with van der Waals surface area (Å²) >= 11 is 2.43. The van der Waals surface area contributed by atoms with Crippen molar-refractivity contribution in [1.29, 1.82) is 0 Å². The predicted octanol–water partition coefficient (Wildman–Crippen LogP) is -1.38. The van der Waals surface area contributed by atoms with E-state index in [1.165, 1.54) is 59.4 Å². The van der Waals surface area contributed by atoms with Gasteiger partial charge in [-0.1, -0.05) is 60.7 Å². The molecule has 0 radical (unpaired) electrons. The smallest absolute Gasteiger partial charge is 0.548 e. The van der Waals surface area contributed by atoms with Crippen molar-refractivity contribution in [2.45, 2.75) is 52.3 Å². The molecule has 4 aliphatic rings. The van der Waals surface area contributed by atoms with Crippen molar-refractivity contribution in [2.75, 3.05) is 13.2 Å². The molecule has 8 rings (SSSR count). The molecule has 72 heavy (non-hydrogen) atoms. The molecular weight excluding hydrogens is 996 g/mol. The summed E-state index contributed by atoms with van der Waals surface area (Å²) in [5, 5.41) is 10.5. The van der Waals surface area contributed by atoms with E-state index in [-0.39, 0.29) is 53.9 Å². The van der Waals surface area contributed by atoms with E-state index in [0.29, 0.717) is 22.5 Å². The third kappa shape index (κ3) is 12.3. The first-order valence-electron chi connectivity index (χ1n) is 20.5. The maximum Gasteiger partial charge on any atom is 1.00 e. The van der Waals surface area contributed by atoms with Crippen LogP contribution in [0.2, 0.25) is 0 Å². The second-order valence-electron chi connectivity index (χ2n) is 15.8. The summed E-state index contributed by atoms with van der Waals surface area (Å²) in [7, 11) is 0. The van der Waals surface area contributed by atoms with E-state index in [9.17, 15) is 43.5 Å². The number of nitrogens with zero attached hydrogens (tertiary/aromatic N) is 4. The molecular formula is C45H41N8NaO16S2. The number of β-lactam (4-membered cyclic amide) rings is 2. The standard InChI is InChI=1S/C29H26N4O6S.C16H16N4O6S.Na.2O2/c1-29(16-38-28(31)37)23(27(36)39-22(17-8-4-2-5-9-17)18-10-6-3-7-11-18)33-25(35)21(26(33)40-29)15-20-14-19(24(30)34)12-13-32-20;1-16(6-26-15(18)25)10(14(23)24)20-12(22)9(13(20)27-16)5-8-4-7(11(17)21)2-3-19-8;;2*1-2/h2-15,22-23,26H,16H2,1H3,(H2,30,34)(H2,31,37);2-5,10,13H,6H2,1H3,(H2,17,21)(H2,18,25)(H,23,24);;;/q;;+1;;/p-1/b21-15-;9-5-;;;/t23-,26?,29-;10-,13?,16-;;;/m00.../s1. The largest absolute Gasteiger partial charge is 1.00 e. The normalized spacial score (nSPS) is 23.0. The van der Waals surface area contributed by atoms with Gasteiger partial charge in [-0.05, 0) is 61.4 Å². The minimum absolute atomic E-state index is 0. The molecule has 0 bridgehead atoms. The van der Waals surface area contributed by atoms with E-state index < -0.39 is 86.2 Å². The molecule has 2 aromatic carbocycles. The SMILES string of the molecule is C[C@@]1(COC(N)=O)SC2/C(=C\c3cc(C(N)=O)ccn3)C(=O)N2[C@H]1C(=O)OC(c1ccccc1)c1ccccc1.C[C@@]1(COC(N)=O)SC2/C(=C\c3cc(C(N)=O)ccn3)C(=O)N2[C@H]1C(=O)[O-].O=O.O=O.[Na+]. The number of carboxylic acid groups (broad SMARTS) is 1. The Morgan fingerprint density at radius 1 is 0.653 bits per heavy atom. The maximum absolute atomic E-state index is 13.9. The molecule has 24 nitrogen and oxygen atoms in total. The van der Waals surface area contributed by atoms with E-state index >= 15 is 0 Å². The molecule has 4 aromatic rings. The van der Waals surface area contributed by atoms with Crippen molar-refractivity contribution < 1.29 is 87.2 Å². The van der Waals surface area contributed by atoms with Crippen molar-refractivity contribution in [3.05, 3.63) is 162 Å². The van der Waals surface area contributed by atoms with Crippen molar-refractivity contribution in [1.82, 2.24) is 19.8 Å². The van der Waals surface area contributed by atoms with Crippen LogP contribution in [0, 0.1) is 19.9 Å². The van der Waals surface area contributed by atoms with Gasteiger partial charge in [0, 0.05) is 43.4 Å². The number of amides is 6. The van der Waals surface area contributed by atoms with Crippen LogP contribution in [0.5, 0.6) is 0 Å². The number of esters is 1. The van der Waals surface area contributed by atoms with E-state index in [4.69, 9.17) is 57.0 Å². The Hall–Kier alpha value is -7.52. The van der Waals surface area contributed by atoms with Gasteiger partial charge in [-0.15, -0.1) is 23.5 Å². The summed E-state index contributed by atoms with van der Waals surface area (Å²) in [5.74, 6) is -4.27. The first-order chi connectivity index (χ1) is 33.8. The number of hydrogen-bond donors (Lipinski definition) is 4. The van der Waals surface area contributed by atoms with Gasteiger partial charge in [0.1, 0.15) is 30.0 Å². The molecule has 4 fully saturated rings. The fourth-order valence-electron chi connectivity index (χ4n) is 7.95. The van der Waals surface area contributed by atoms with Crippen LogP contribution in [0.25, 0.3) is 12.2 Å². The van der Waals surface area contributed by atoms with Crippen LogP contribution in [-0.2, 0) is 33.4 Å². The predicted molar refractivity (Wildman–Crippen MR) is 253 cm³/mol. The van der Waals surface area contributed by atoms with Crippen LogP contribution in [0.3, 0.4) is 0 Å². The molecule has 6 heterocycles. The number of carboxylic acids is 1. The van der Waals surface area contributed by atoms with Gasteiger partial charge < -0.3 is 56.8 Å². The van der Waals surface area contributed by atoms with Crippen LogP contribution in [-0.4, -0.2) is 113 Å². The van der Waals surface area contributed by atoms with E-state index in [2.05, 4.69) is 9.97 Å². The zero-order valence-corrected chi connectivity index (χ0v) is 41.8. The molecule has 0 saturated carbocycles. The molecule has 6 amide bonds. The topological polar surface area (TPSA) is 392 Å². The molecule has 370 valence electrons. The van der Waals surface area contributed by atoms with Crippen LogP contribution in [0.1, 0.15) is 63.2 Å². The number of nitrogens with two attached hydrogens (primary N) is 4. The second-order valence-corrected chi connectivity index (χ2v) is 19.1. The Morgan fingerprint density at radius 2 is 1.03 bits per heavy atom. The number of benzene rings is 2. The molecule has 2 aromatic heterocycles. The molecule has 2 unspecified atom stereocenters. The first kappa shape index (κ1) is 57.1. The second kappa shape index (κ2) is 24.5. The molecule has 4 saturated heterocycles. The Labute approximate surface area is 438 Å². The number of fused-ring (bicyclic) bond motifs is 2. The van der Waals surface area contributed by atoms with Crippen LogP contribution in [0.15, 0.2) is 108 Å². The minimum Gasteiger partial charge on any atom is -0.548 e. The number of aromatic nitrogens is 2. The van der Waals surface area contributed by atoms with Gasteiger partial charge in [-0.3, -0.25) is 29.1 Å². The Kier molecular flexibility index (Phi) is 19.5. The summed E-state index contributed by atoms with van der Waals surface area (Å²) in [6, 6.07) is 22.0. The number of carbonyl (C=O) groups excluding carboxylic acids is 8. The average molecular weight is 1040 g/mol. The maximum atomic E-state index is 13.9. The Morgan fingerprint density at radius 3 is 1.39 bits per heavy atom. The number of pyridine rings is 2. The molecule has 0 spiro atoms. The summed E-state index contributed by atoms with van der Waals surface area (Å²) < 4.78 is 13.8. The minimum atomic E-state index is -1.46. The zero-order valence-electron chi connectivity index (χ0n) is 38.1. The Bertz CT molecular complexity index is 2750. The van der Waals surface area contributed by atoms with Crippen molar-refractivity contribution in [2.24, 2.45) is 22.9 Å². The van der Waals surface area contributed by atoms with Crippen molar-refractivity contribution in [3.63, 3.8) is 0 Å². The van der Waals surface area contributed by atoms with Crippen LogP contribution in [0.4, 0.5) is 9.59 Å². The third-order valence-electron chi connectivity index (χ3n) is 11.1. The van der Waals surface area contributed by atoms with Gasteiger partial charge in [0.15, 0.2) is 6.10 Å². The number of hydrogen-bond acceptors (Lipinski definition) is 20. The third-order valence-corrected chi connectivity index (χ3v) is 14.3. The molecule has 6 atom stereocenters. The van der Waals surface area contributed by atoms with E-state index in [1.807, 2.05) is 60.7 Å². The first-order valence-corrected chi connectivity index (χ1v) is 22.2. The number of primary amides is 4. The van der Waals surface area contributed by atoms with Crippen LogP contribution >= 0.6 is 23.5 Å². The van der Waals surface area contributed by atoms with E-state index in [0.717, 1.165) is 27.8 Å². The number of rotatable bonds is 13. The van der Waals surface area contributed by atoms with Gasteiger partial charge >= 0.3 is 47.7 Å². The van der Waals surface area contributed by atoms with Gasteiger partial charge in [-0.25, -0.2) is 14.4 Å². The van der Waals surface area contributed by atoms with Crippen LogP contribution < -0.4 is 57.6 Å². The number of carbonyl (C=O) groups is 8. The monoisotopic (exact) mass is 1040 g/mol.